The van der Waals surface area contributed by atoms with Gasteiger partial charge in [0.1, 0.15) is 11.6 Å². The van der Waals surface area contributed by atoms with Gasteiger partial charge in [0.05, 0.1) is 0 Å². The summed E-state index contributed by atoms with van der Waals surface area (Å²) in [5, 5.41) is 3.40. The third kappa shape index (κ3) is 5.25. The van der Waals surface area contributed by atoms with Crippen molar-refractivity contribution >= 4 is 17.6 Å². The van der Waals surface area contributed by atoms with Crippen LogP contribution in [0.25, 0.3) is 11.4 Å². The molecule has 3 N–H and O–H groups in total. The Morgan fingerprint density at radius 2 is 1.59 bits per heavy atom. The molecule has 0 fully saturated rings. The quantitative estimate of drug-likeness (QED) is 0.437. The summed E-state index contributed by atoms with van der Waals surface area (Å²) >= 11 is 0. The molecule has 0 radical (unpaired) electrons. The monoisotopic (exact) mass is 425 g/mol. The average Bonchev–Trinajstić information content (AvgIpc) is 2.84. The molecule has 2 aromatic carbocycles. The number of nitrogens with two attached hydrogens (primary N) is 1. The molecule has 2 heterocycles. The number of nitrogens with zero attached hydrogens (tertiary/aromatic N) is 5. The largest absolute Gasteiger partial charge is 0.351 e. The van der Waals surface area contributed by atoms with Gasteiger partial charge in [-0.1, -0.05) is 54.6 Å². The van der Waals surface area contributed by atoms with Crippen LogP contribution >= 0.6 is 0 Å². The second kappa shape index (κ2) is 9.98. The molecule has 0 saturated heterocycles. The summed E-state index contributed by atoms with van der Waals surface area (Å²) in [6.07, 6.45) is 4.37. The van der Waals surface area contributed by atoms with Gasteiger partial charge in [0, 0.05) is 37.6 Å². The lowest BCUT2D eigenvalue weighted by molar-refractivity contribution is 0.775. The highest BCUT2D eigenvalue weighted by Crippen LogP contribution is 2.23. The van der Waals surface area contributed by atoms with E-state index in [2.05, 4.69) is 34.3 Å². The molecule has 0 amide bonds. The predicted molar refractivity (Wildman–Crippen MR) is 129 cm³/mol. The summed E-state index contributed by atoms with van der Waals surface area (Å²) in [6.45, 7) is 2.66. The second-order valence-corrected chi connectivity index (χ2v) is 7.68. The van der Waals surface area contributed by atoms with Crippen molar-refractivity contribution in [1.82, 2.24) is 19.9 Å². The molecular weight excluding hydrogens is 398 g/mol. The molecule has 0 aliphatic rings. The van der Waals surface area contributed by atoms with E-state index in [9.17, 15) is 0 Å². The van der Waals surface area contributed by atoms with Gasteiger partial charge in [0.15, 0.2) is 5.82 Å². The first kappa shape index (κ1) is 21.4. The molecule has 32 heavy (non-hydrogen) atoms. The van der Waals surface area contributed by atoms with Crippen LogP contribution < -0.4 is 16.0 Å². The van der Waals surface area contributed by atoms with Gasteiger partial charge in [-0.25, -0.2) is 15.0 Å². The molecule has 2 aromatic heterocycles. The fourth-order valence-corrected chi connectivity index (χ4v) is 3.49. The summed E-state index contributed by atoms with van der Waals surface area (Å²) in [5.74, 6) is 2.76. The van der Waals surface area contributed by atoms with E-state index in [1.54, 1.807) is 12.4 Å². The smallest absolute Gasteiger partial charge is 0.224 e. The van der Waals surface area contributed by atoms with E-state index in [4.69, 9.17) is 15.7 Å². The van der Waals surface area contributed by atoms with E-state index in [-0.39, 0.29) is 6.04 Å². The summed E-state index contributed by atoms with van der Waals surface area (Å²) in [4.78, 5) is 20.1. The van der Waals surface area contributed by atoms with Gasteiger partial charge in [-0.3, -0.25) is 0 Å². The van der Waals surface area contributed by atoms with Crippen molar-refractivity contribution in [3.05, 3.63) is 90.3 Å². The van der Waals surface area contributed by atoms with Crippen molar-refractivity contribution in [1.29, 1.82) is 0 Å². The molecule has 7 nitrogen and oxygen atoms in total. The van der Waals surface area contributed by atoms with Gasteiger partial charge < -0.3 is 16.0 Å². The molecule has 162 valence electrons. The SMILES string of the molecule is C[C@@H](Cc1cccc(CN)c1)Nc1nccc(N(C)c2ccnc(-c3ccccc3)n2)n1. The van der Waals surface area contributed by atoms with Crippen molar-refractivity contribution in [3.63, 3.8) is 0 Å². The minimum Gasteiger partial charge on any atom is -0.351 e. The molecule has 4 rings (SSSR count). The molecule has 0 aliphatic heterocycles. The van der Waals surface area contributed by atoms with Gasteiger partial charge in [-0.05, 0) is 36.6 Å². The summed E-state index contributed by atoms with van der Waals surface area (Å²) in [5.41, 5.74) is 9.10. The van der Waals surface area contributed by atoms with Gasteiger partial charge in [-0.15, -0.1) is 0 Å². The number of hydrogen-bond acceptors (Lipinski definition) is 7. The first-order chi connectivity index (χ1) is 15.6. The van der Waals surface area contributed by atoms with Crippen LogP contribution in [-0.2, 0) is 13.0 Å². The van der Waals surface area contributed by atoms with Crippen LogP contribution in [0, 0.1) is 0 Å². The minimum atomic E-state index is 0.160. The highest BCUT2D eigenvalue weighted by molar-refractivity contribution is 5.61. The molecule has 0 bridgehead atoms. The van der Waals surface area contributed by atoms with Crippen molar-refractivity contribution in [2.45, 2.75) is 25.9 Å². The van der Waals surface area contributed by atoms with Crippen molar-refractivity contribution < 1.29 is 0 Å². The topological polar surface area (TPSA) is 92.8 Å². The maximum atomic E-state index is 5.76. The van der Waals surface area contributed by atoms with Crippen molar-refractivity contribution in [3.8, 4) is 11.4 Å². The lowest BCUT2D eigenvalue weighted by Crippen LogP contribution is -2.21. The Morgan fingerprint density at radius 1 is 0.875 bits per heavy atom. The Bertz CT molecular complexity index is 1160. The summed E-state index contributed by atoms with van der Waals surface area (Å²) < 4.78 is 0. The molecular formula is C25H27N7. The van der Waals surface area contributed by atoms with E-state index in [0.717, 1.165) is 29.2 Å². The zero-order chi connectivity index (χ0) is 22.3. The van der Waals surface area contributed by atoms with E-state index >= 15 is 0 Å². The predicted octanol–water partition coefficient (Wildman–Crippen LogP) is 4.20. The highest BCUT2D eigenvalue weighted by Gasteiger charge is 2.12. The average molecular weight is 426 g/mol. The first-order valence-corrected chi connectivity index (χ1v) is 10.6. The molecule has 7 heteroatoms. The van der Waals surface area contributed by atoms with Gasteiger partial charge in [-0.2, -0.15) is 4.98 Å². The van der Waals surface area contributed by atoms with Gasteiger partial charge in [0.25, 0.3) is 0 Å². The molecule has 0 aliphatic carbocycles. The Labute approximate surface area is 188 Å². The molecule has 0 saturated carbocycles. The Kier molecular flexibility index (Phi) is 6.67. The summed E-state index contributed by atoms with van der Waals surface area (Å²) in [6, 6.07) is 22.2. The van der Waals surface area contributed by atoms with Crippen LogP contribution in [0.2, 0.25) is 0 Å². The number of aromatic nitrogens is 4. The third-order valence-corrected chi connectivity index (χ3v) is 5.15. The number of hydrogen-bond donors (Lipinski definition) is 2. The minimum absolute atomic E-state index is 0.160. The van der Waals surface area contributed by atoms with Crippen LogP contribution in [0.15, 0.2) is 79.1 Å². The van der Waals surface area contributed by atoms with Crippen LogP contribution in [0.3, 0.4) is 0 Å². The fraction of sp³-hybridized carbons (Fsp3) is 0.200. The first-order valence-electron chi connectivity index (χ1n) is 10.6. The third-order valence-electron chi connectivity index (χ3n) is 5.15. The van der Waals surface area contributed by atoms with E-state index < -0.39 is 0 Å². The molecule has 4 aromatic rings. The van der Waals surface area contributed by atoms with E-state index in [1.807, 2.05) is 66.5 Å². The zero-order valence-corrected chi connectivity index (χ0v) is 18.3. The number of anilines is 3. The number of nitrogens with one attached hydrogen (secondary N) is 1. The maximum Gasteiger partial charge on any atom is 0.224 e. The zero-order valence-electron chi connectivity index (χ0n) is 18.3. The van der Waals surface area contributed by atoms with E-state index in [1.165, 1.54) is 5.56 Å². The molecule has 0 spiro atoms. The van der Waals surface area contributed by atoms with Crippen LogP contribution in [-0.4, -0.2) is 33.0 Å². The van der Waals surface area contributed by atoms with Gasteiger partial charge >= 0.3 is 0 Å². The van der Waals surface area contributed by atoms with Crippen molar-refractivity contribution in [2.75, 3.05) is 17.3 Å². The Morgan fingerprint density at radius 3 is 2.38 bits per heavy atom. The Hall–Kier alpha value is -3.84. The van der Waals surface area contributed by atoms with Crippen LogP contribution in [0.4, 0.5) is 17.6 Å². The Balaban J connectivity index is 1.47. The fourth-order valence-electron chi connectivity index (χ4n) is 3.49. The lowest BCUT2D eigenvalue weighted by Gasteiger charge is -2.19. The maximum absolute atomic E-state index is 5.76. The molecule has 1 atom stereocenters. The standard InChI is InChI=1S/C25H27N7/c1-18(15-19-7-6-8-20(16-19)17-26)29-25-28-14-12-23(31-25)32(2)22-11-13-27-24(30-22)21-9-4-3-5-10-21/h3-14,16,18H,15,17,26H2,1-2H3,(H,28,29,31)/t18-/m0/s1. The highest BCUT2D eigenvalue weighted by atomic mass is 15.3. The van der Waals surface area contributed by atoms with Crippen molar-refractivity contribution in [2.24, 2.45) is 5.73 Å². The lowest BCUT2D eigenvalue weighted by atomic mass is 10.0. The number of benzene rings is 2. The van der Waals surface area contributed by atoms with Crippen LogP contribution in [0.1, 0.15) is 18.1 Å². The summed E-state index contributed by atoms with van der Waals surface area (Å²) in [7, 11) is 1.94. The second-order valence-electron chi connectivity index (χ2n) is 7.68. The van der Waals surface area contributed by atoms with E-state index in [0.29, 0.717) is 18.3 Å². The number of rotatable bonds is 8. The molecule has 0 unspecified atom stereocenters. The van der Waals surface area contributed by atoms with Crippen LogP contribution in [0.5, 0.6) is 0 Å². The van der Waals surface area contributed by atoms with Gasteiger partial charge in [0.2, 0.25) is 5.95 Å². The normalized spacial score (nSPS) is 11.7.